The van der Waals surface area contributed by atoms with E-state index < -0.39 is 5.41 Å². The second-order valence-electron chi connectivity index (χ2n) is 7.29. The summed E-state index contributed by atoms with van der Waals surface area (Å²) in [5, 5.41) is 10.4. The Bertz CT molecular complexity index is 865. The summed E-state index contributed by atoms with van der Waals surface area (Å²) in [6, 6.07) is 21.9. The lowest BCUT2D eigenvalue weighted by molar-refractivity contribution is -0.0307. The second-order valence-corrected chi connectivity index (χ2v) is 7.29. The van der Waals surface area contributed by atoms with Crippen molar-refractivity contribution in [2.45, 2.75) is 17.8 Å². The predicted molar refractivity (Wildman–Crippen MR) is 93.3 cm³/mol. The second kappa shape index (κ2) is 4.82. The lowest BCUT2D eigenvalue weighted by atomic mass is 9.53. The summed E-state index contributed by atoms with van der Waals surface area (Å²) in [7, 11) is 0. The van der Waals surface area contributed by atoms with Crippen LogP contribution in [0.4, 0.5) is 0 Å². The number of hydrogen-bond acceptors (Lipinski definition) is 2. The Hall–Kier alpha value is -2.37. The molecule has 2 aromatic carbocycles. The van der Waals surface area contributed by atoms with Gasteiger partial charge in [0.2, 0.25) is 0 Å². The molecule has 0 spiro atoms. The van der Waals surface area contributed by atoms with Crippen molar-refractivity contribution >= 4 is 6.08 Å². The minimum absolute atomic E-state index is 0.243. The van der Waals surface area contributed by atoms with Gasteiger partial charge in [0.15, 0.2) is 0 Å². The van der Waals surface area contributed by atoms with E-state index in [1.54, 1.807) is 0 Å². The monoisotopic (exact) mass is 313 g/mol. The Morgan fingerprint density at radius 1 is 1.04 bits per heavy atom. The Balaban J connectivity index is 1.79. The standard InChI is InChI=1S/C22H19NO/c23-14-22-18-12-20(16-6-2-1-3-7-16)21(22,15-24-13-18)11-10-17-8-4-5-9-19(17)22/h1-11,18,20H,12-13,15H2/t18?,20-,21?,22-/m0/s1. The highest BCUT2D eigenvalue weighted by Crippen LogP contribution is 2.68. The number of nitrogens with zero attached hydrogens (tertiary/aromatic N) is 1. The number of nitriles is 1. The van der Waals surface area contributed by atoms with Crippen molar-refractivity contribution in [3.05, 3.63) is 77.4 Å². The number of benzene rings is 2. The summed E-state index contributed by atoms with van der Waals surface area (Å²) in [5.74, 6) is 0.572. The van der Waals surface area contributed by atoms with E-state index in [-0.39, 0.29) is 11.3 Å². The summed E-state index contributed by atoms with van der Waals surface area (Å²) in [5.41, 5.74) is 2.98. The molecule has 24 heavy (non-hydrogen) atoms. The van der Waals surface area contributed by atoms with E-state index in [1.807, 2.05) is 0 Å². The molecule has 0 N–H and O–H groups in total. The van der Waals surface area contributed by atoms with Crippen LogP contribution >= 0.6 is 0 Å². The van der Waals surface area contributed by atoms with Crippen molar-refractivity contribution in [3.8, 4) is 6.07 Å². The third-order valence-corrected chi connectivity index (χ3v) is 6.47. The molecule has 1 saturated heterocycles. The highest BCUT2D eigenvalue weighted by Gasteiger charge is 2.68. The molecule has 5 rings (SSSR count). The zero-order chi connectivity index (χ0) is 16.2. The zero-order valence-electron chi connectivity index (χ0n) is 13.5. The molecular formula is C22H19NO. The van der Waals surface area contributed by atoms with Crippen molar-refractivity contribution in [2.24, 2.45) is 11.3 Å². The van der Waals surface area contributed by atoms with Crippen molar-refractivity contribution in [3.63, 3.8) is 0 Å². The van der Waals surface area contributed by atoms with Gasteiger partial charge in [0.05, 0.1) is 24.7 Å². The van der Waals surface area contributed by atoms with Crippen LogP contribution in [0.2, 0.25) is 0 Å². The first-order chi connectivity index (χ1) is 11.8. The van der Waals surface area contributed by atoms with E-state index in [4.69, 9.17) is 4.74 Å². The van der Waals surface area contributed by atoms with Crippen LogP contribution in [0.15, 0.2) is 60.7 Å². The van der Waals surface area contributed by atoms with Gasteiger partial charge >= 0.3 is 0 Å². The minimum atomic E-state index is -0.475. The van der Waals surface area contributed by atoms with Gasteiger partial charge in [-0.15, -0.1) is 0 Å². The molecule has 2 heteroatoms. The fraction of sp³-hybridized carbons (Fsp3) is 0.318. The number of hydrogen-bond donors (Lipinski definition) is 0. The van der Waals surface area contributed by atoms with Gasteiger partial charge in [-0.3, -0.25) is 0 Å². The molecule has 1 heterocycles. The number of rotatable bonds is 1. The minimum Gasteiger partial charge on any atom is -0.380 e. The maximum Gasteiger partial charge on any atom is 0.0996 e. The molecule has 4 atom stereocenters. The van der Waals surface area contributed by atoms with Crippen molar-refractivity contribution in [2.75, 3.05) is 13.2 Å². The SMILES string of the molecule is N#C[C@]12c3ccccc3C=CC13COCC2C[C@H]3c1ccccc1. The Morgan fingerprint density at radius 3 is 2.67 bits per heavy atom. The number of ether oxygens (including phenoxy) is 1. The van der Waals surface area contributed by atoms with Gasteiger partial charge in [-0.1, -0.05) is 66.7 Å². The molecule has 1 aliphatic heterocycles. The lowest BCUT2D eigenvalue weighted by Gasteiger charge is -2.50. The average Bonchev–Trinajstić information content (AvgIpc) is 2.80. The van der Waals surface area contributed by atoms with Crippen molar-refractivity contribution in [1.29, 1.82) is 5.26 Å². The molecule has 2 unspecified atom stereocenters. The van der Waals surface area contributed by atoms with E-state index >= 15 is 0 Å². The highest BCUT2D eigenvalue weighted by atomic mass is 16.5. The molecule has 118 valence electrons. The molecule has 2 aliphatic carbocycles. The molecular weight excluding hydrogens is 294 g/mol. The van der Waals surface area contributed by atoms with Gasteiger partial charge in [0, 0.05) is 11.3 Å². The van der Waals surface area contributed by atoms with Crippen LogP contribution in [0.25, 0.3) is 6.08 Å². The zero-order valence-corrected chi connectivity index (χ0v) is 13.5. The fourth-order valence-corrected chi connectivity index (χ4v) is 5.48. The lowest BCUT2D eigenvalue weighted by Crippen LogP contribution is -2.54. The van der Waals surface area contributed by atoms with Crippen LogP contribution in [0.3, 0.4) is 0 Å². The summed E-state index contributed by atoms with van der Waals surface area (Å²) < 4.78 is 6.01. The first-order valence-electron chi connectivity index (χ1n) is 8.64. The van der Waals surface area contributed by atoms with Crippen LogP contribution in [0.1, 0.15) is 29.0 Å². The highest BCUT2D eigenvalue weighted by molar-refractivity contribution is 5.66. The van der Waals surface area contributed by atoms with E-state index in [9.17, 15) is 5.26 Å². The number of fused-ring (bicyclic) bond motifs is 1. The molecule has 0 radical (unpaired) electrons. The molecule has 2 fully saturated rings. The Morgan fingerprint density at radius 2 is 1.83 bits per heavy atom. The average molecular weight is 313 g/mol. The van der Waals surface area contributed by atoms with Gasteiger partial charge in [0.25, 0.3) is 0 Å². The summed E-state index contributed by atoms with van der Waals surface area (Å²) in [6.07, 6.45) is 5.50. The summed E-state index contributed by atoms with van der Waals surface area (Å²) in [4.78, 5) is 0. The maximum atomic E-state index is 10.4. The molecule has 2 bridgehead atoms. The quantitative estimate of drug-likeness (QED) is 0.786. The third kappa shape index (κ3) is 1.49. The van der Waals surface area contributed by atoms with Gasteiger partial charge in [-0.25, -0.2) is 0 Å². The fourth-order valence-electron chi connectivity index (χ4n) is 5.48. The summed E-state index contributed by atoms with van der Waals surface area (Å²) >= 11 is 0. The molecule has 2 nitrogen and oxygen atoms in total. The van der Waals surface area contributed by atoms with Crippen LogP contribution < -0.4 is 0 Å². The van der Waals surface area contributed by atoms with Crippen LogP contribution in [0, 0.1) is 22.7 Å². The van der Waals surface area contributed by atoms with E-state index in [0.717, 1.165) is 6.42 Å². The topological polar surface area (TPSA) is 33.0 Å². The van der Waals surface area contributed by atoms with Crippen LogP contribution in [-0.2, 0) is 10.2 Å². The van der Waals surface area contributed by atoms with Gasteiger partial charge in [0.1, 0.15) is 0 Å². The van der Waals surface area contributed by atoms with E-state index in [2.05, 4.69) is 72.8 Å². The smallest absolute Gasteiger partial charge is 0.0996 e. The van der Waals surface area contributed by atoms with Gasteiger partial charge in [-0.2, -0.15) is 5.26 Å². The molecule has 1 saturated carbocycles. The predicted octanol–water partition coefficient (Wildman–Crippen LogP) is 4.30. The first-order valence-corrected chi connectivity index (χ1v) is 8.64. The maximum absolute atomic E-state index is 10.4. The van der Waals surface area contributed by atoms with Crippen molar-refractivity contribution < 1.29 is 4.74 Å². The molecule has 0 amide bonds. The van der Waals surface area contributed by atoms with Crippen molar-refractivity contribution in [1.82, 2.24) is 0 Å². The van der Waals surface area contributed by atoms with E-state index in [0.29, 0.717) is 19.1 Å². The molecule has 0 aromatic heterocycles. The van der Waals surface area contributed by atoms with Gasteiger partial charge < -0.3 is 4.74 Å². The first kappa shape index (κ1) is 14.0. The Labute approximate surface area is 142 Å². The third-order valence-electron chi connectivity index (χ3n) is 6.47. The normalized spacial score (nSPS) is 35.8. The van der Waals surface area contributed by atoms with Crippen LogP contribution in [0.5, 0.6) is 0 Å². The molecule has 2 aromatic rings. The van der Waals surface area contributed by atoms with Crippen LogP contribution in [-0.4, -0.2) is 13.2 Å². The van der Waals surface area contributed by atoms with Gasteiger partial charge in [-0.05, 0) is 29.0 Å². The Kier molecular flexibility index (Phi) is 2.81. The molecule has 3 aliphatic rings. The van der Waals surface area contributed by atoms with E-state index in [1.165, 1.54) is 16.7 Å². The summed E-state index contributed by atoms with van der Waals surface area (Å²) in [6.45, 7) is 1.31. The largest absolute Gasteiger partial charge is 0.380 e.